The fourth-order valence-electron chi connectivity index (χ4n) is 0.789. The van der Waals surface area contributed by atoms with Gasteiger partial charge in [0, 0.05) is 12.3 Å². The summed E-state index contributed by atoms with van der Waals surface area (Å²) in [7, 11) is 0. The molecule has 3 heteroatoms. The number of aromatic nitrogens is 2. The Bertz CT molecular complexity index is 211. The van der Waals surface area contributed by atoms with Crippen LogP contribution in [0.15, 0.2) is 12.3 Å². The van der Waals surface area contributed by atoms with Crippen LogP contribution in [-0.4, -0.2) is 16.8 Å². The van der Waals surface area contributed by atoms with Crippen molar-refractivity contribution < 1.29 is 4.74 Å². The Kier molecular flexibility index (Phi) is 2.74. The SMILES string of the molecule is CC(C)(C)CCOc1cc[nH]n1. The maximum atomic E-state index is 5.38. The van der Waals surface area contributed by atoms with Gasteiger partial charge in [0.2, 0.25) is 5.88 Å². The molecular weight excluding hydrogens is 152 g/mol. The Morgan fingerprint density at radius 1 is 1.50 bits per heavy atom. The topological polar surface area (TPSA) is 37.9 Å². The third kappa shape index (κ3) is 3.42. The Hall–Kier alpha value is -0.990. The second-order valence-electron chi connectivity index (χ2n) is 4.07. The van der Waals surface area contributed by atoms with Crippen molar-refractivity contribution in [1.29, 1.82) is 0 Å². The molecule has 0 fully saturated rings. The van der Waals surface area contributed by atoms with Crippen molar-refractivity contribution in [2.75, 3.05) is 6.61 Å². The normalized spacial score (nSPS) is 11.6. The molecule has 3 nitrogen and oxygen atoms in total. The molecule has 0 atom stereocenters. The molecule has 68 valence electrons. The highest BCUT2D eigenvalue weighted by Crippen LogP contribution is 2.18. The number of nitrogens with zero attached hydrogens (tertiary/aromatic N) is 1. The number of aromatic amines is 1. The van der Waals surface area contributed by atoms with Crippen molar-refractivity contribution in [2.45, 2.75) is 27.2 Å². The lowest BCUT2D eigenvalue weighted by Crippen LogP contribution is -2.11. The number of rotatable bonds is 3. The summed E-state index contributed by atoms with van der Waals surface area (Å²) in [5.41, 5.74) is 0.330. The van der Waals surface area contributed by atoms with E-state index in [-0.39, 0.29) is 0 Å². The summed E-state index contributed by atoms with van der Waals surface area (Å²) in [6.07, 6.45) is 2.80. The zero-order valence-corrected chi connectivity index (χ0v) is 7.92. The van der Waals surface area contributed by atoms with Gasteiger partial charge in [0.05, 0.1) is 6.61 Å². The van der Waals surface area contributed by atoms with Crippen LogP contribution >= 0.6 is 0 Å². The molecule has 1 rings (SSSR count). The summed E-state index contributed by atoms with van der Waals surface area (Å²) < 4.78 is 5.38. The molecule has 0 aromatic carbocycles. The summed E-state index contributed by atoms with van der Waals surface area (Å²) >= 11 is 0. The van der Waals surface area contributed by atoms with E-state index < -0.39 is 0 Å². The third-order valence-corrected chi connectivity index (χ3v) is 1.58. The van der Waals surface area contributed by atoms with Gasteiger partial charge in [-0.05, 0) is 11.8 Å². The molecule has 0 aliphatic rings. The fourth-order valence-corrected chi connectivity index (χ4v) is 0.789. The van der Waals surface area contributed by atoms with E-state index in [0.717, 1.165) is 13.0 Å². The molecular formula is C9H16N2O. The van der Waals surface area contributed by atoms with Crippen molar-refractivity contribution in [3.8, 4) is 5.88 Å². The third-order valence-electron chi connectivity index (χ3n) is 1.58. The second-order valence-corrected chi connectivity index (χ2v) is 4.07. The molecule has 12 heavy (non-hydrogen) atoms. The zero-order chi connectivity index (χ0) is 9.03. The second kappa shape index (κ2) is 3.61. The van der Waals surface area contributed by atoms with Gasteiger partial charge < -0.3 is 4.74 Å². The largest absolute Gasteiger partial charge is 0.477 e. The molecule has 0 radical (unpaired) electrons. The molecule has 1 heterocycles. The highest BCUT2D eigenvalue weighted by Gasteiger charge is 2.09. The van der Waals surface area contributed by atoms with E-state index in [1.807, 2.05) is 6.07 Å². The molecule has 0 saturated heterocycles. The quantitative estimate of drug-likeness (QED) is 0.751. The monoisotopic (exact) mass is 168 g/mol. The van der Waals surface area contributed by atoms with Gasteiger partial charge in [-0.2, -0.15) is 0 Å². The standard InChI is InChI=1S/C9H16N2O/c1-9(2,3)5-7-12-8-4-6-10-11-8/h4,6H,5,7H2,1-3H3,(H,10,11). The van der Waals surface area contributed by atoms with Crippen molar-refractivity contribution in [1.82, 2.24) is 10.2 Å². The zero-order valence-electron chi connectivity index (χ0n) is 7.92. The maximum absolute atomic E-state index is 5.38. The minimum Gasteiger partial charge on any atom is -0.477 e. The molecule has 0 spiro atoms. The van der Waals surface area contributed by atoms with Crippen molar-refractivity contribution in [3.05, 3.63) is 12.3 Å². The van der Waals surface area contributed by atoms with Crippen LogP contribution in [0.2, 0.25) is 0 Å². The molecule has 0 bridgehead atoms. The molecule has 0 unspecified atom stereocenters. The number of H-pyrrole nitrogens is 1. The summed E-state index contributed by atoms with van der Waals surface area (Å²) in [4.78, 5) is 0. The smallest absolute Gasteiger partial charge is 0.232 e. The van der Waals surface area contributed by atoms with Crippen LogP contribution in [0.3, 0.4) is 0 Å². The Balaban J connectivity index is 2.20. The van der Waals surface area contributed by atoms with E-state index in [1.54, 1.807) is 6.20 Å². The van der Waals surface area contributed by atoms with Crippen molar-refractivity contribution >= 4 is 0 Å². The number of ether oxygens (including phenoxy) is 1. The number of hydrogen-bond acceptors (Lipinski definition) is 2. The maximum Gasteiger partial charge on any atom is 0.232 e. The van der Waals surface area contributed by atoms with E-state index in [4.69, 9.17) is 4.74 Å². The van der Waals surface area contributed by atoms with Gasteiger partial charge in [-0.15, -0.1) is 5.10 Å². The summed E-state index contributed by atoms with van der Waals surface area (Å²) in [5.74, 6) is 0.680. The van der Waals surface area contributed by atoms with Gasteiger partial charge in [-0.25, -0.2) is 0 Å². The van der Waals surface area contributed by atoms with Gasteiger partial charge in [0.15, 0.2) is 0 Å². The molecule has 1 N–H and O–H groups in total. The van der Waals surface area contributed by atoms with Gasteiger partial charge in [-0.3, -0.25) is 5.10 Å². The minimum absolute atomic E-state index is 0.330. The first kappa shape index (κ1) is 9.10. The molecule has 0 aliphatic heterocycles. The lowest BCUT2D eigenvalue weighted by molar-refractivity contribution is 0.236. The molecule has 0 saturated carbocycles. The molecule has 0 amide bonds. The van der Waals surface area contributed by atoms with E-state index in [9.17, 15) is 0 Å². The van der Waals surface area contributed by atoms with Crippen LogP contribution in [-0.2, 0) is 0 Å². The highest BCUT2D eigenvalue weighted by atomic mass is 16.5. The lowest BCUT2D eigenvalue weighted by atomic mass is 9.93. The number of hydrogen-bond donors (Lipinski definition) is 1. The van der Waals surface area contributed by atoms with Crippen LogP contribution in [0.25, 0.3) is 0 Å². The molecule has 1 aromatic heterocycles. The average molecular weight is 168 g/mol. The first-order valence-electron chi connectivity index (χ1n) is 4.20. The van der Waals surface area contributed by atoms with Crippen molar-refractivity contribution in [2.24, 2.45) is 5.41 Å². The Labute approximate surface area is 73.1 Å². The molecule has 1 aromatic rings. The molecule has 0 aliphatic carbocycles. The lowest BCUT2D eigenvalue weighted by Gasteiger charge is -2.17. The van der Waals surface area contributed by atoms with Crippen LogP contribution in [0.5, 0.6) is 5.88 Å². The van der Waals surface area contributed by atoms with Crippen LogP contribution in [0, 0.1) is 5.41 Å². The van der Waals surface area contributed by atoms with E-state index in [1.165, 1.54) is 0 Å². The fraction of sp³-hybridized carbons (Fsp3) is 0.667. The predicted molar refractivity (Wildman–Crippen MR) is 48.2 cm³/mol. The van der Waals surface area contributed by atoms with Crippen LogP contribution in [0.4, 0.5) is 0 Å². The summed E-state index contributed by atoms with van der Waals surface area (Å²) in [6, 6.07) is 1.82. The van der Waals surface area contributed by atoms with Gasteiger partial charge >= 0.3 is 0 Å². The first-order chi connectivity index (χ1) is 5.58. The van der Waals surface area contributed by atoms with Crippen molar-refractivity contribution in [3.63, 3.8) is 0 Å². The van der Waals surface area contributed by atoms with Gasteiger partial charge in [0.1, 0.15) is 0 Å². The van der Waals surface area contributed by atoms with E-state index in [0.29, 0.717) is 11.3 Å². The van der Waals surface area contributed by atoms with Gasteiger partial charge in [0.25, 0.3) is 0 Å². The Morgan fingerprint density at radius 2 is 2.25 bits per heavy atom. The average Bonchev–Trinajstić information content (AvgIpc) is 2.36. The first-order valence-corrected chi connectivity index (χ1v) is 4.20. The number of nitrogens with one attached hydrogen (secondary N) is 1. The predicted octanol–water partition coefficient (Wildman–Crippen LogP) is 2.22. The van der Waals surface area contributed by atoms with Gasteiger partial charge in [-0.1, -0.05) is 20.8 Å². The Morgan fingerprint density at radius 3 is 2.75 bits per heavy atom. The van der Waals surface area contributed by atoms with E-state index in [2.05, 4.69) is 31.0 Å². The van der Waals surface area contributed by atoms with E-state index >= 15 is 0 Å². The summed E-state index contributed by atoms with van der Waals surface area (Å²) in [5, 5.41) is 6.59. The highest BCUT2D eigenvalue weighted by molar-refractivity contribution is 5.03. The van der Waals surface area contributed by atoms with Crippen LogP contribution < -0.4 is 4.74 Å². The van der Waals surface area contributed by atoms with Crippen LogP contribution in [0.1, 0.15) is 27.2 Å². The summed E-state index contributed by atoms with van der Waals surface area (Å²) in [6.45, 7) is 7.32. The minimum atomic E-state index is 0.330.